The van der Waals surface area contributed by atoms with Crippen molar-refractivity contribution < 1.29 is 4.79 Å². The Hall–Kier alpha value is -1.06. The fourth-order valence-electron chi connectivity index (χ4n) is 1.37. The molecule has 0 saturated carbocycles. The first-order chi connectivity index (χ1) is 8.54. The molecule has 0 spiro atoms. The fourth-order valence-corrected chi connectivity index (χ4v) is 1.86. The molecule has 0 unspecified atom stereocenters. The second-order valence-electron chi connectivity index (χ2n) is 4.02. The molecule has 0 fully saturated rings. The molecule has 0 aliphatic heterocycles. The van der Waals surface area contributed by atoms with E-state index in [0.717, 1.165) is 25.0 Å². The molecule has 3 nitrogen and oxygen atoms in total. The van der Waals surface area contributed by atoms with Crippen LogP contribution in [0, 0.1) is 0 Å². The Kier molecular flexibility index (Phi) is 6.16. The summed E-state index contributed by atoms with van der Waals surface area (Å²) in [5.41, 5.74) is 3.76. The van der Waals surface area contributed by atoms with Crippen molar-refractivity contribution >= 4 is 34.8 Å². The molecule has 0 heterocycles. The van der Waals surface area contributed by atoms with E-state index >= 15 is 0 Å². The standard InChI is InChI=1S/C13H16Cl2N2O/c1-3-4-5-9(2)16-17-13(18)11-7-6-10(14)8-12(11)15/h6-8H,3-5H2,1-2H3,(H,17,18). The Morgan fingerprint density at radius 1 is 1.39 bits per heavy atom. The van der Waals surface area contributed by atoms with Crippen LogP contribution in [0.25, 0.3) is 0 Å². The highest BCUT2D eigenvalue weighted by Crippen LogP contribution is 2.20. The van der Waals surface area contributed by atoms with Gasteiger partial charge in [0.25, 0.3) is 5.91 Å². The lowest BCUT2D eigenvalue weighted by atomic mass is 10.2. The van der Waals surface area contributed by atoms with Crippen LogP contribution in [0.3, 0.4) is 0 Å². The average Bonchev–Trinajstić information content (AvgIpc) is 2.33. The highest BCUT2D eigenvalue weighted by molar-refractivity contribution is 6.36. The lowest BCUT2D eigenvalue weighted by molar-refractivity contribution is 0.0955. The van der Waals surface area contributed by atoms with E-state index in [4.69, 9.17) is 23.2 Å². The molecule has 5 heteroatoms. The molecule has 0 radical (unpaired) electrons. The van der Waals surface area contributed by atoms with E-state index in [2.05, 4.69) is 17.5 Å². The van der Waals surface area contributed by atoms with Gasteiger partial charge in [0.05, 0.1) is 10.6 Å². The minimum Gasteiger partial charge on any atom is -0.267 e. The minimum absolute atomic E-state index is 0.321. The fraction of sp³-hybridized carbons (Fsp3) is 0.385. The van der Waals surface area contributed by atoms with E-state index in [1.165, 1.54) is 6.07 Å². The van der Waals surface area contributed by atoms with Gasteiger partial charge in [0, 0.05) is 10.7 Å². The van der Waals surface area contributed by atoms with Crippen molar-refractivity contribution in [3.63, 3.8) is 0 Å². The van der Waals surface area contributed by atoms with E-state index in [0.29, 0.717) is 15.6 Å². The molecule has 0 aliphatic carbocycles. The van der Waals surface area contributed by atoms with Crippen molar-refractivity contribution in [2.24, 2.45) is 5.10 Å². The van der Waals surface area contributed by atoms with Crippen molar-refractivity contribution in [1.29, 1.82) is 0 Å². The van der Waals surface area contributed by atoms with Crippen molar-refractivity contribution in [3.05, 3.63) is 33.8 Å². The van der Waals surface area contributed by atoms with Crippen LogP contribution in [0.5, 0.6) is 0 Å². The molecule has 1 aromatic rings. The third kappa shape index (κ3) is 4.67. The zero-order chi connectivity index (χ0) is 13.5. The van der Waals surface area contributed by atoms with Crippen LogP contribution < -0.4 is 5.43 Å². The van der Waals surface area contributed by atoms with Crippen LogP contribution in [-0.2, 0) is 0 Å². The topological polar surface area (TPSA) is 41.5 Å². The normalized spacial score (nSPS) is 11.4. The van der Waals surface area contributed by atoms with Gasteiger partial charge in [0.15, 0.2) is 0 Å². The summed E-state index contributed by atoms with van der Waals surface area (Å²) in [5, 5.41) is 4.85. The number of hydrogen-bond acceptors (Lipinski definition) is 2. The Morgan fingerprint density at radius 2 is 2.11 bits per heavy atom. The molecular formula is C13H16Cl2N2O. The second kappa shape index (κ2) is 7.39. The molecule has 0 saturated heterocycles. The van der Waals surface area contributed by atoms with Gasteiger partial charge < -0.3 is 0 Å². The highest BCUT2D eigenvalue weighted by atomic mass is 35.5. The minimum atomic E-state index is -0.326. The van der Waals surface area contributed by atoms with Gasteiger partial charge in [-0.25, -0.2) is 5.43 Å². The van der Waals surface area contributed by atoms with Crippen molar-refractivity contribution in [2.75, 3.05) is 0 Å². The van der Waals surface area contributed by atoms with Gasteiger partial charge in [-0.15, -0.1) is 0 Å². The van der Waals surface area contributed by atoms with Gasteiger partial charge in [-0.2, -0.15) is 5.10 Å². The molecule has 1 aromatic carbocycles. The van der Waals surface area contributed by atoms with E-state index in [1.807, 2.05) is 6.92 Å². The Balaban J connectivity index is 2.65. The summed E-state index contributed by atoms with van der Waals surface area (Å²) in [6.45, 7) is 4.00. The molecule has 0 aromatic heterocycles. The van der Waals surface area contributed by atoms with Crippen LogP contribution >= 0.6 is 23.2 Å². The molecule has 0 bridgehead atoms. The first-order valence-corrected chi connectivity index (χ1v) is 6.58. The van der Waals surface area contributed by atoms with Crippen LogP contribution in [0.15, 0.2) is 23.3 Å². The van der Waals surface area contributed by atoms with Gasteiger partial charge in [-0.3, -0.25) is 4.79 Å². The smallest absolute Gasteiger partial charge is 0.267 e. The molecular weight excluding hydrogens is 271 g/mol. The van der Waals surface area contributed by atoms with Crippen LogP contribution in [0.1, 0.15) is 43.5 Å². The maximum Gasteiger partial charge on any atom is 0.272 e. The van der Waals surface area contributed by atoms with Crippen molar-refractivity contribution in [2.45, 2.75) is 33.1 Å². The monoisotopic (exact) mass is 286 g/mol. The SMILES string of the molecule is CCCCC(C)=NNC(=O)c1ccc(Cl)cc1Cl. The summed E-state index contributed by atoms with van der Waals surface area (Å²) in [7, 11) is 0. The second-order valence-corrected chi connectivity index (χ2v) is 4.86. The third-order valence-electron chi connectivity index (χ3n) is 2.42. The number of rotatable bonds is 5. The van der Waals surface area contributed by atoms with Gasteiger partial charge in [-0.1, -0.05) is 36.5 Å². The summed E-state index contributed by atoms with van der Waals surface area (Å²) in [6.07, 6.45) is 3.04. The van der Waals surface area contributed by atoms with Crippen molar-refractivity contribution in [1.82, 2.24) is 5.43 Å². The molecule has 0 aliphatic rings. The van der Waals surface area contributed by atoms with Crippen molar-refractivity contribution in [3.8, 4) is 0 Å². The molecule has 0 atom stereocenters. The maximum atomic E-state index is 11.8. The van der Waals surface area contributed by atoms with Gasteiger partial charge >= 0.3 is 0 Å². The number of hydrazone groups is 1. The summed E-state index contributed by atoms with van der Waals surface area (Å²) in [6, 6.07) is 4.73. The summed E-state index contributed by atoms with van der Waals surface area (Å²) in [5.74, 6) is -0.326. The lowest BCUT2D eigenvalue weighted by Crippen LogP contribution is -2.19. The van der Waals surface area contributed by atoms with Gasteiger partial charge in [0.2, 0.25) is 0 Å². The zero-order valence-corrected chi connectivity index (χ0v) is 12.0. The Morgan fingerprint density at radius 3 is 2.72 bits per heavy atom. The number of hydrogen-bond donors (Lipinski definition) is 1. The predicted molar refractivity (Wildman–Crippen MR) is 76.6 cm³/mol. The highest BCUT2D eigenvalue weighted by Gasteiger charge is 2.09. The number of unbranched alkanes of at least 4 members (excludes halogenated alkanes) is 1. The van der Waals surface area contributed by atoms with Gasteiger partial charge in [-0.05, 0) is 38.0 Å². The summed E-state index contributed by atoms with van der Waals surface area (Å²) in [4.78, 5) is 11.8. The van der Waals surface area contributed by atoms with E-state index in [9.17, 15) is 4.79 Å². The maximum absolute atomic E-state index is 11.8. The number of amides is 1. The largest absolute Gasteiger partial charge is 0.272 e. The third-order valence-corrected chi connectivity index (χ3v) is 2.96. The number of nitrogens with one attached hydrogen (secondary N) is 1. The zero-order valence-electron chi connectivity index (χ0n) is 10.5. The molecule has 18 heavy (non-hydrogen) atoms. The number of benzene rings is 1. The van der Waals surface area contributed by atoms with E-state index in [1.54, 1.807) is 12.1 Å². The van der Waals surface area contributed by atoms with Gasteiger partial charge in [0.1, 0.15) is 0 Å². The molecule has 98 valence electrons. The number of nitrogens with zero attached hydrogens (tertiary/aromatic N) is 1. The Labute approximate surface area is 117 Å². The molecule has 1 N–H and O–H groups in total. The molecule has 1 rings (SSSR count). The lowest BCUT2D eigenvalue weighted by Gasteiger charge is -2.04. The number of halogens is 2. The quantitative estimate of drug-likeness (QED) is 0.637. The van der Waals surface area contributed by atoms with Crippen LogP contribution in [0.2, 0.25) is 10.0 Å². The predicted octanol–water partition coefficient (Wildman–Crippen LogP) is 4.29. The first kappa shape index (κ1) is 15.0. The summed E-state index contributed by atoms with van der Waals surface area (Å²) < 4.78 is 0. The van der Waals surface area contributed by atoms with E-state index < -0.39 is 0 Å². The average molecular weight is 287 g/mol. The van der Waals surface area contributed by atoms with E-state index in [-0.39, 0.29) is 5.91 Å². The number of carbonyl (C=O) groups excluding carboxylic acids is 1. The molecule has 1 amide bonds. The summed E-state index contributed by atoms with van der Waals surface area (Å²) >= 11 is 11.7. The first-order valence-electron chi connectivity index (χ1n) is 5.83. The number of carbonyl (C=O) groups is 1. The van der Waals surface area contributed by atoms with Crippen LogP contribution in [-0.4, -0.2) is 11.6 Å². The Bertz CT molecular complexity index is 458. The van der Waals surface area contributed by atoms with Crippen LogP contribution in [0.4, 0.5) is 0 Å².